The molecule has 0 bridgehead atoms. The number of ether oxygens (including phenoxy) is 1. The fourth-order valence-electron chi connectivity index (χ4n) is 3.53. The number of nitrogens with zero attached hydrogens (tertiary/aromatic N) is 2. The molecule has 1 unspecified atom stereocenters. The monoisotopic (exact) mass is 405 g/mol. The molecule has 2 aromatic carbocycles. The summed E-state index contributed by atoms with van der Waals surface area (Å²) in [6, 6.07) is 19.3. The Morgan fingerprint density at radius 2 is 1.97 bits per heavy atom. The lowest BCUT2D eigenvalue weighted by Gasteiger charge is -2.36. The van der Waals surface area contributed by atoms with E-state index in [-0.39, 0.29) is 5.91 Å². The molecule has 0 saturated carbocycles. The molecule has 1 N–H and O–H groups in total. The highest BCUT2D eigenvalue weighted by Gasteiger charge is 2.34. The van der Waals surface area contributed by atoms with Crippen LogP contribution in [0.1, 0.15) is 22.3 Å². The number of carbonyl (C=O) groups excluding carboxylic acids is 1. The van der Waals surface area contributed by atoms with Gasteiger partial charge in [0.1, 0.15) is 5.76 Å². The number of benzene rings is 2. The number of thiazole rings is 1. The van der Waals surface area contributed by atoms with Crippen LogP contribution in [0.4, 0.5) is 5.69 Å². The van der Waals surface area contributed by atoms with Crippen LogP contribution in [-0.4, -0.2) is 36.1 Å². The molecule has 0 spiro atoms. The molecule has 0 saturated heterocycles. The predicted octanol–water partition coefficient (Wildman–Crippen LogP) is 4.77. The number of furan rings is 1. The summed E-state index contributed by atoms with van der Waals surface area (Å²) >= 11 is 1.59. The Morgan fingerprint density at radius 3 is 2.83 bits per heavy atom. The molecule has 4 aromatic rings. The van der Waals surface area contributed by atoms with Gasteiger partial charge in [-0.3, -0.25) is 4.79 Å². The van der Waals surface area contributed by atoms with Crippen LogP contribution >= 0.6 is 11.3 Å². The smallest absolute Gasteiger partial charge is 0.258 e. The molecule has 1 aliphatic heterocycles. The number of nitrogens with one attached hydrogen (secondary N) is 1. The Hall–Kier alpha value is -3.16. The predicted molar refractivity (Wildman–Crippen MR) is 113 cm³/mol. The highest BCUT2D eigenvalue weighted by atomic mass is 32.1. The maximum Gasteiger partial charge on any atom is 0.258 e. The van der Waals surface area contributed by atoms with Crippen LogP contribution in [0.15, 0.2) is 65.1 Å². The van der Waals surface area contributed by atoms with Crippen molar-refractivity contribution < 1.29 is 13.9 Å². The van der Waals surface area contributed by atoms with Gasteiger partial charge in [0.2, 0.25) is 0 Å². The summed E-state index contributed by atoms with van der Waals surface area (Å²) in [5, 5.41) is 4.26. The Kier molecular flexibility index (Phi) is 4.54. The molecular formula is C22H19N3O3S. The zero-order chi connectivity index (χ0) is 19.8. The first kappa shape index (κ1) is 17.9. The van der Waals surface area contributed by atoms with Crippen LogP contribution in [-0.2, 0) is 4.74 Å². The normalized spacial score (nSPS) is 16.1. The number of amides is 1. The zero-order valence-electron chi connectivity index (χ0n) is 15.8. The van der Waals surface area contributed by atoms with Crippen LogP contribution in [0.25, 0.3) is 21.0 Å². The van der Waals surface area contributed by atoms with Gasteiger partial charge in [-0.1, -0.05) is 24.3 Å². The van der Waals surface area contributed by atoms with Crippen molar-refractivity contribution in [2.45, 2.75) is 6.17 Å². The van der Waals surface area contributed by atoms with Crippen molar-refractivity contribution in [2.75, 3.05) is 25.6 Å². The Morgan fingerprint density at radius 1 is 1.14 bits per heavy atom. The molecule has 1 atom stereocenters. The number of para-hydroxylation sites is 2. The minimum absolute atomic E-state index is 0.0423. The molecule has 0 fully saturated rings. The first-order chi connectivity index (χ1) is 14.2. The van der Waals surface area contributed by atoms with E-state index in [1.54, 1.807) is 23.3 Å². The van der Waals surface area contributed by atoms with Gasteiger partial charge in [0.05, 0.1) is 22.4 Å². The molecule has 146 valence electrons. The average Bonchev–Trinajstić information content (AvgIpc) is 3.40. The van der Waals surface area contributed by atoms with Gasteiger partial charge in [0.15, 0.2) is 16.9 Å². The minimum Gasteiger partial charge on any atom is -0.454 e. The van der Waals surface area contributed by atoms with Crippen LogP contribution in [0.3, 0.4) is 0 Å². The molecule has 29 heavy (non-hydrogen) atoms. The van der Waals surface area contributed by atoms with Crippen molar-refractivity contribution in [3.63, 3.8) is 0 Å². The fourth-order valence-corrected chi connectivity index (χ4v) is 4.46. The summed E-state index contributed by atoms with van der Waals surface area (Å²) in [5.74, 6) is 1.32. The summed E-state index contributed by atoms with van der Waals surface area (Å²) < 4.78 is 12.5. The molecule has 2 aromatic heterocycles. The second-order valence-electron chi connectivity index (χ2n) is 6.77. The van der Waals surface area contributed by atoms with Crippen molar-refractivity contribution in [2.24, 2.45) is 0 Å². The number of hydrogen-bond acceptors (Lipinski definition) is 6. The number of methoxy groups -OCH3 is 1. The van der Waals surface area contributed by atoms with Crippen LogP contribution in [0, 0.1) is 0 Å². The van der Waals surface area contributed by atoms with Crippen molar-refractivity contribution in [1.29, 1.82) is 0 Å². The molecular weight excluding hydrogens is 386 g/mol. The minimum atomic E-state index is -0.407. The Labute approximate surface area is 171 Å². The van der Waals surface area contributed by atoms with Gasteiger partial charge in [0.25, 0.3) is 5.91 Å². The number of aromatic nitrogens is 1. The van der Waals surface area contributed by atoms with Crippen molar-refractivity contribution in [1.82, 2.24) is 9.88 Å². The van der Waals surface area contributed by atoms with E-state index >= 15 is 0 Å². The third-order valence-electron chi connectivity index (χ3n) is 4.96. The Bertz CT molecular complexity index is 1150. The maximum absolute atomic E-state index is 13.1. The number of carbonyl (C=O) groups is 1. The summed E-state index contributed by atoms with van der Waals surface area (Å²) in [6.45, 7) is 0.899. The number of hydrogen-bond donors (Lipinski definition) is 1. The van der Waals surface area contributed by atoms with Gasteiger partial charge < -0.3 is 19.4 Å². The standard InChI is InChI=1S/C22H19N3O3S/c1-27-13-12-25-20(23-15-7-3-2-6-14(15)22(25)26)17-10-11-18(28-17)21-24-16-8-4-5-9-19(16)29-21/h2-11,20,23H,12-13H2,1H3. The second kappa shape index (κ2) is 7.35. The van der Waals surface area contributed by atoms with E-state index < -0.39 is 6.17 Å². The van der Waals surface area contributed by atoms with Gasteiger partial charge in [-0.2, -0.15) is 0 Å². The number of fused-ring (bicyclic) bond motifs is 2. The van der Waals surface area contributed by atoms with Crippen molar-refractivity contribution in [3.8, 4) is 10.8 Å². The van der Waals surface area contributed by atoms with E-state index in [0.717, 1.165) is 20.9 Å². The van der Waals surface area contributed by atoms with E-state index in [0.29, 0.717) is 30.2 Å². The third kappa shape index (κ3) is 3.18. The molecule has 6 nitrogen and oxygen atoms in total. The SMILES string of the molecule is COCCN1C(=O)c2ccccc2NC1c1ccc(-c2nc3ccccc3s2)o1. The fraction of sp³-hybridized carbons (Fsp3) is 0.182. The van der Waals surface area contributed by atoms with Crippen molar-refractivity contribution in [3.05, 3.63) is 72.0 Å². The van der Waals surface area contributed by atoms with E-state index in [1.807, 2.05) is 60.7 Å². The van der Waals surface area contributed by atoms with E-state index in [4.69, 9.17) is 9.15 Å². The van der Waals surface area contributed by atoms with Crippen LogP contribution in [0.2, 0.25) is 0 Å². The largest absolute Gasteiger partial charge is 0.454 e. The summed E-state index contributed by atoms with van der Waals surface area (Å²) in [4.78, 5) is 19.5. The average molecular weight is 405 g/mol. The first-order valence-corrected chi connectivity index (χ1v) is 10.2. The summed E-state index contributed by atoms with van der Waals surface area (Å²) in [6.07, 6.45) is -0.407. The molecule has 0 aliphatic carbocycles. The van der Waals surface area contributed by atoms with E-state index in [2.05, 4.69) is 10.3 Å². The second-order valence-corrected chi connectivity index (χ2v) is 7.80. The van der Waals surface area contributed by atoms with Gasteiger partial charge in [0, 0.05) is 19.3 Å². The van der Waals surface area contributed by atoms with Crippen LogP contribution < -0.4 is 5.32 Å². The molecule has 5 rings (SSSR count). The summed E-state index contributed by atoms with van der Waals surface area (Å²) in [7, 11) is 1.63. The number of anilines is 1. The molecule has 3 heterocycles. The lowest BCUT2D eigenvalue weighted by atomic mass is 10.1. The van der Waals surface area contributed by atoms with Crippen LogP contribution in [0.5, 0.6) is 0 Å². The quantitative estimate of drug-likeness (QED) is 0.518. The first-order valence-electron chi connectivity index (χ1n) is 9.36. The number of rotatable bonds is 5. The van der Waals surface area contributed by atoms with Gasteiger partial charge in [-0.15, -0.1) is 11.3 Å². The third-order valence-corrected chi connectivity index (χ3v) is 6.01. The van der Waals surface area contributed by atoms with Crippen molar-refractivity contribution >= 4 is 33.1 Å². The highest BCUT2D eigenvalue weighted by molar-refractivity contribution is 7.21. The highest BCUT2D eigenvalue weighted by Crippen LogP contribution is 2.37. The van der Waals surface area contributed by atoms with Gasteiger partial charge in [-0.25, -0.2) is 4.98 Å². The maximum atomic E-state index is 13.1. The Balaban J connectivity index is 1.51. The van der Waals surface area contributed by atoms with E-state index in [1.165, 1.54) is 0 Å². The molecule has 1 amide bonds. The molecule has 0 radical (unpaired) electrons. The van der Waals surface area contributed by atoms with E-state index in [9.17, 15) is 4.79 Å². The zero-order valence-corrected chi connectivity index (χ0v) is 16.6. The van der Waals surface area contributed by atoms with Gasteiger partial charge >= 0.3 is 0 Å². The summed E-state index contributed by atoms with van der Waals surface area (Å²) in [5.41, 5.74) is 2.40. The lowest BCUT2D eigenvalue weighted by Crippen LogP contribution is -2.44. The lowest BCUT2D eigenvalue weighted by molar-refractivity contribution is 0.0587. The van der Waals surface area contributed by atoms with Gasteiger partial charge in [-0.05, 0) is 36.4 Å². The topological polar surface area (TPSA) is 67.6 Å². The molecule has 1 aliphatic rings. The molecule has 7 heteroatoms.